The molecule has 0 spiro atoms. The first kappa shape index (κ1) is 24.5. The molecule has 4 aromatic rings. The predicted octanol–water partition coefficient (Wildman–Crippen LogP) is 5.54. The lowest BCUT2D eigenvalue weighted by molar-refractivity contribution is -0.118. The molecular weight excluding hydrogens is 482 g/mol. The van der Waals surface area contributed by atoms with Crippen LogP contribution in [0.4, 0.5) is 0 Å². The van der Waals surface area contributed by atoms with E-state index in [-0.39, 0.29) is 11.7 Å². The van der Waals surface area contributed by atoms with Crippen molar-refractivity contribution >= 4 is 35.0 Å². The van der Waals surface area contributed by atoms with Crippen LogP contribution in [0, 0.1) is 6.92 Å². The Balaban J connectivity index is 1.52. The molecule has 1 heterocycles. The Bertz CT molecular complexity index is 1350. The van der Waals surface area contributed by atoms with Crippen molar-refractivity contribution in [3.05, 3.63) is 88.9 Å². The van der Waals surface area contributed by atoms with Crippen LogP contribution in [0.2, 0.25) is 5.02 Å². The third kappa shape index (κ3) is 6.09. The molecule has 0 aliphatic rings. The molecule has 7 nitrogen and oxygen atoms in total. The molecule has 0 unspecified atom stereocenters. The summed E-state index contributed by atoms with van der Waals surface area (Å²) in [4.78, 5) is 12.5. The van der Waals surface area contributed by atoms with Crippen molar-refractivity contribution in [1.82, 2.24) is 20.2 Å². The summed E-state index contributed by atoms with van der Waals surface area (Å²) in [5, 5.41) is 14.2. The molecule has 178 valence electrons. The molecule has 0 fully saturated rings. The summed E-state index contributed by atoms with van der Waals surface area (Å²) in [6.07, 6.45) is 0. The summed E-state index contributed by atoms with van der Waals surface area (Å²) < 4.78 is 7.16. The lowest BCUT2D eigenvalue weighted by Gasteiger charge is -2.11. The van der Waals surface area contributed by atoms with Gasteiger partial charge in [0, 0.05) is 21.8 Å². The van der Waals surface area contributed by atoms with E-state index in [4.69, 9.17) is 16.3 Å². The minimum atomic E-state index is -0.250. The Morgan fingerprint density at radius 1 is 1.09 bits per heavy atom. The van der Waals surface area contributed by atoms with Crippen molar-refractivity contribution in [2.45, 2.75) is 19.0 Å². The summed E-state index contributed by atoms with van der Waals surface area (Å²) in [6.45, 7) is 3.86. The highest BCUT2D eigenvalue weighted by atomic mass is 35.5. The number of aryl methyl sites for hydroxylation is 1. The summed E-state index contributed by atoms with van der Waals surface area (Å²) in [6, 6.07) is 23.0. The lowest BCUT2D eigenvalue weighted by atomic mass is 10.1. The van der Waals surface area contributed by atoms with Gasteiger partial charge in [-0.05, 0) is 50.2 Å². The number of ether oxygens (including phenoxy) is 1. The van der Waals surface area contributed by atoms with E-state index >= 15 is 0 Å². The van der Waals surface area contributed by atoms with E-state index in [0.717, 1.165) is 28.1 Å². The normalized spacial score (nSPS) is 11.4. The van der Waals surface area contributed by atoms with Crippen LogP contribution < -0.4 is 10.2 Å². The zero-order chi connectivity index (χ0) is 24.8. The van der Waals surface area contributed by atoms with Crippen LogP contribution in [0.25, 0.3) is 17.1 Å². The summed E-state index contributed by atoms with van der Waals surface area (Å²) in [7, 11) is 1.61. The molecule has 0 radical (unpaired) electrons. The first-order valence-corrected chi connectivity index (χ1v) is 12.2. The van der Waals surface area contributed by atoms with Gasteiger partial charge in [0.05, 0.1) is 18.6 Å². The number of rotatable bonds is 8. The number of thioether (sulfide) groups is 1. The highest BCUT2D eigenvalue weighted by molar-refractivity contribution is 7.99. The van der Waals surface area contributed by atoms with Crippen LogP contribution in [0.15, 0.2) is 83.1 Å². The number of carbonyl (C=O) groups excluding carboxylic acids is 1. The number of carbonyl (C=O) groups is 1. The van der Waals surface area contributed by atoms with Gasteiger partial charge in [-0.15, -0.1) is 10.2 Å². The fourth-order valence-electron chi connectivity index (χ4n) is 3.30. The van der Waals surface area contributed by atoms with Crippen molar-refractivity contribution in [2.24, 2.45) is 5.10 Å². The zero-order valence-corrected chi connectivity index (χ0v) is 21.1. The predicted molar refractivity (Wildman–Crippen MR) is 141 cm³/mol. The molecule has 0 aliphatic carbocycles. The van der Waals surface area contributed by atoms with Gasteiger partial charge in [-0.3, -0.25) is 9.36 Å². The Labute approximate surface area is 213 Å². The van der Waals surface area contributed by atoms with Gasteiger partial charge >= 0.3 is 0 Å². The van der Waals surface area contributed by atoms with E-state index in [1.165, 1.54) is 11.8 Å². The van der Waals surface area contributed by atoms with Crippen LogP contribution in [0.3, 0.4) is 0 Å². The number of hydrazone groups is 1. The monoisotopic (exact) mass is 505 g/mol. The van der Waals surface area contributed by atoms with Crippen LogP contribution >= 0.6 is 23.4 Å². The minimum Gasteiger partial charge on any atom is -0.497 e. The Morgan fingerprint density at radius 2 is 1.83 bits per heavy atom. The molecule has 35 heavy (non-hydrogen) atoms. The lowest BCUT2D eigenvalue weighted by Crippen LogP contribution is -2.21. The maximum Gasteiger partial charge on any atom is 0.250 e. The molecule has 1 aromatic heterocycles. The number of amides is 1. The van der Waals surface area contributed by atoms with E-state index < -0.39 is 0 Å². The van der Waals surface area contributed by atoms with Crippen LogP contribution in [0.1, 0.15) is 18.1 Å². The van der Waals surface area contributed by atoms with E-state index in [0.29, 0.717) is 21.7 Å². The Morgan fingerprint density at radius 3 is 2.54 bits per heavy atom. The van der Waals surface area contributed by atoms with Crippen molar-refractivity contribution in [3.63, 3.8) is 0 Å². The second-order valence-corrected chi connectivity index (χ2v) is 9.12. The average Bonchev–Trinajstić information content (AvgIpc) is 3.30. The smallest absolute Gasteiger partial charge is 0.250 e. The average molecular weight is 506 g/mol. The molecule has 3 aromatic carbocycles. The number of benzene rings is 3. The number of nitrogens with zero attached hydrogens (tertiary/aromatic N) is 4. The third-order valence-corrected chi connectivity index (χ3v) is 6.38. The van der Waals surface area contributed by atoms with Crippen molar-refractivity contribution in [3.8, 4) is 22.8 Å². The molecule has 0 atom stereocenters. The summed E-state index contributed by atoms with van der Waals surface area (Å²) in [5.74, 6) is 1.28. The zero-order valence-electron chi connectivity index (χ0n) is 19.5. The van der Waals surface area contributed by atoms with Crippen LogP contribution in [-0.4, -0.2) is 39.2 Å². The highest BCUT2D eigenvalue weighted by Crippen LogP contribution is 2.28. The number of halogens is 1. The summed E-state index contributed by atoms with van der Waals surface area (Å²) in [5.41, 5.74) is 7.08. The molecular formula is C26H24ClN5O2S. The first-order valence-electron chi connectivity index (χ1n) is 10.8. The van der Waals surface area contributed by atoms with Gasteiger partial charge in [0.2, 0.25) is 0 Å². The van der Waals surface area contributed by atoms with E-state index in [1.807, 2.05) is 91.2 Å². The van der Waals surface area contributed by atoms with Crippen molar-refractivity contribution in [1.29, 1.82) is 0 Å². The maximum atomic E-state index is 12.5. The molecule has 4 rings (SSSR count). The van der Waals surface area contributed by atoms with E-state index in [1.54, 1.807) is 7.11 Å². The van der Waals surface area contributed by atoms with Crippen LogP contribution in [0.5, 0.6) is 5.75 Å². The van der Waals surface area contributed by atoms with Crippen LogP contribution in [-0.2, 0) is 4.79 Å². The quantitative estimate of drug-likeness (QED) is 0.193. The molecule has 0 bridgehead atoms. The fraction of sp³-hybridized carbons (Fsp3) is 0.154. The van der Waals surface area contributed by atoms with E-state index in [9.17, 15) is 4.79 Å². The Kier molecular flexibility index (Phi) is 7.84. The van der Waals surface area contributed by atoms with E-state index in [2.05, 4.69) is 20.7 Å². The van der Waals surface area contributed by atoms with Crippen molar-refractivity contribution in [2.75, 3.05) is 12.9 Å². The maximum absolute atomic E-state index is 12.5. The Hall–Kier alpha value is -3.62. The number of methoxy groups -OCH3 is 1. The molecule has 0 saturated heterocycles. The largest absolute Gasteiger partial charge is 0.497 e. The molecule has 1 amide bonds. The highest BCUT2D eigenvalue weighted by Gasteiger charge is 2.17. The number of aromatic nitrogens is 3. The standard InChI is InChI=1S/C26H24ClN5O2S/c1-17-7-9-19(10-8-17)25-30-31-26(32(25)22-13-11-21(27)12-14-22)35-16-24(33)29-28-18(2)20-5-4-6-23(15-20)34-3/h4-15H,16H2,1-3H3,(H,29,33). The SMILES string of the molecule is COc1cccc(C(C)=NNC(=O)CSc2nnc(-c3ccc(C)cc3)n2-c2ccc(Cl)cc2)c1. The third-order valence-electron chi connectivity index (χ3n) is 5.20. The van der Waals surface area contributed by atoms with Crippen molar-refractivity contribution < 1.29 is 9.53 Å². The van der Waals surface area contributed by atoms with Gasteiger partial charge < -0.3 is 4.74 Å². The van der Waals surface area contributed by atoms with Gasteiger partial charge in [0.1, 0.15) is 5.75 Å². The molecule has 0 saturated carbocycles. The van der Waals surface area contributed by atoms with Gasteiger partial charge in [0.25, 0.3) is 5.91 Å². The van der Waals surface area contributed by atoms with Gasteiger partial charge in [-0.25, -0.2) is 5.43 Å². The second kappa shape index (κ2) is 11.2. The van der Waals surface area contributed by atoms with Gasteiger partial charge in [-0.2, -0.15) is 5.10 Å². The topological polar surface area (TPSA) is 81.4 Å². The molecule has 0 aliphatic heterocycles. The number of hydrogen-bond donors (Lipinski definition) is 1. The molecule has 9 heteroatoms. The number of nitrogens with one attached hydrogen (secondary N) is 1. The number of hydrogen-bond acceptors (Lipinski definition) is 6. The summed E-state index contributed by atoms with van der Waals surface area (Å²) >= 11 is 7.37. The fourth-order valence-corrected chi connectivity index (χ4v) is 4.17. The second-order valence-electron chi connectivity index (χ2n) is 7.74. The first-order chi connectivity index (χ1) is 16.9. The van der Waals surface area contributed by atoms with Gasteiger partial charge in [-0.1, -0.05) is 65.3 Å². The van der Waals surface area contributed by atoms with Gasteiger partial charge in [0.15, 0.2) is 11.0 Å². The minimum absolute atomic E-state index is 0.120. The molecule has 1 N–H and O–H groups in total.